The number of carboxylic acid groups (broad SMARTS) is 1. The van der Waals surface area contributed by atoms with Crippen molar-refractivity contribution in [2.75, 3.05) is 18.4 Å². The van der Waals surface area contributed by atoms with Crippen LogP contribution < -0.4 is 10.6 Å². The molecule has 0 spiro atoms. The molecule has 3 N–H and O–H groups in total. The topological polar surface area (TPSA) is 87.1 Å². The van der Waals surface area contributed by atoms with Gasteiger partial charge in [-0.2, -0.15) is 0 Å². The van der Waals surface area contributed by atoms with E-state index in [1.54, 1.807) is 0 Å². The quantitative estimate of drug-likeness (QED) is 0.683. The monoisotopic (exact) mass is 222 g/mol. The van der Waals surface area contributed by atoms with E-state index < -0.39 is 5.97 Å². The summed E-state index contributed by atoms with van der Waals surface area (Å²) in [5.74, 6) is -0.637. The number of anilines is 1. The number of carbonyl (C=O) groups is 1. The zero-order valence-corrected chi connectivity index (χ0v) is 8.81. The Morgan fingerprint density at radius 3 is 2.94 bits per heavy atom. The fourth-order valence-electron chi connectivity index (χ4n) is 1.70. The molecule has 86 valence electrons. The molecule has 1 saturated heterocycles. The highest BCUT2D eigenvalue weighted by Crippen LogP contribution is 2.09. The van der Waals surface area contributed by atoms with Gasteiger partial charge in [-0.1, -0.05) is 0 Å². The predicted octanol–water partition coefficient (Wildman–Crippen LogP) is 0.339. The Labute approximate surface area is 93.1 Å². The van der Waals surface area contributed by atoms with Gasteiger partial charge in [0.2, 0.25) is 5.95 Å². The van der Waals surface area contributed by atoms with Crippen LogP contribution in [0.2, 0.25) is 0 Å². The largest absolute Gasteiger partial charge is 0.477 e. The summed E-state index contributed by atoms with van der Waals surface area (Å²) in [5.41, 5.74) is 0.0198. The van der Waals surface area contributed by atoms with Crippen molar-refractivity contribution in [3.8, 4) is 0 Å². The Morgan fingerprint density at radius 2 is 2.25 bits per heavy atom. The Balaban J connectivity index is 2.02. The van der Waals surface area contributed by atoms with E-state index in [1.807, 2.05) is 0 Å². The van der Waals surface area contributed by atoms with E-state index in [0.29, 0.717) is 12.0 Å². The standard InChI is InChI=1S/C10H14N4O2/c15-9(16)8-3-6-12-10(14-8)13-7-1-4-11-5-2-7/h3,6-7,11H,1-2,4-5H2,(H,15,16)(H,12,13,14). The van der Waals surface area contributed by atoms with Crippen LogP contribution in [0.15, 0.2) is 12.3 Å². The maximum Gasteiger partial charge on any atom is 0.354 e. The van der Waals surface area contributed by atoms with Gasteiger partial charge in [-0.05, 0) is 32.0 Å². The normalized spacial score (nSPS) is 17.0. The van der Waals surface area contributed by atoms with E-state index in [9.17, 15) is 4.79 Å². The van der Waals surface area contributed by atoms with Gasteiger partial charge in [-0.3, -0.25) is 0 Å². The second-order valence-electron chi connectivity index (χ2n) is 3.74. The van der Waals surface area contributed by atoms with Crippen LogP contribution in [0.5, 0.6) is 0 Å². The van der Waals surface area contributed by atoms with Crippen LogP contribution in [0.3, 0.4) is 0 Å². The number of nitrogens with one attached hydrogen (secondary N) is 2. The number of carboxylic acids is 1. The summed E-state index contributed by atoms with van der Waals surface area (Å²) >= 11 is 0. The van der Waals surface area contributed by atoms with Gasteiger partial charge in [-0.25, -0.2) is 14.8 Å². The summed E-state index contributed by atoms with van der Waals surface area (Å²) in [5, 5.41) is 15.2. The number of hydrogen-bond donors (Lipinski definition) is 3. The van der Waals surface area contributed by atoms with E-state index in [2.05, 4.69) is 20.6 Å². The number of piperidine rings is 1. The first-order valence-electron chi connectivity index (χ1n) is 5.29. The van der Waals surface area contributed by atoms with Gasteiger partial charge in [0.15, 0.2) is 5.69 Å². The van der Waals surface area contributed by atoms with Crippen molar-refractivity contribution in [2.24, 2.45) is 0 Å². The highest BCUT2D eigenvalue weighted by Gasteiger charge is 2.14. The lowest BCUT2D eigenvalue weighted by Gasteiger charge is -2.23. The van der Waals surface area contributed by atoms with Crippen molar-refractivity contribution < 1.29 is 9.90 Å². The maximum absolute atomic E-state index is 10.7. The molecule has 1 aromatic rings. The molecular formula is C10H14N4O2. The molecule has 0 aliphatic carbocycles. The number of aromatic nitrogens is 2. The maximum atomic E-state index is 10.7. The van der Waals surface area contributed by atoms with Crippen molar-refractivity contribution in [1.82, 2.24) is 15.3 Å². The van der Waals surface area contributed by atoms with E-state index >= 15 is 0 Å². The van der Waals surface area contributed by atoms with Crippen molar-refractivity contribution in [3.05, 3.63) is 18.0 Å². The summed E-state index contributed by atoms with van der Waals surface area (Å²) in [7, 11) is 0. The first kappa shape index (κ1) is 10.8. The Bertz CT molecular complexity index is 377. The van der Waals surface area contributed by atoms with Gasteiger partial charge in [0.05, 0.1) is 0 Å². The van der Waals surface area contributed by atoms with Crippen LogP contribution in [0, 0.1) is 0 Å². The summed E-state index contributed by atoms with van der Waals surface area (Å²) in [6.45, 7) is 1.94. The zero-order valence-electron chi connectivity index (χ0n) is 8.81. The van der Waals surface area contributed by atoms with Crippen LogP contribution >= 0.6 is 0 Å². The third-order valence-electron chi connectivity index (χ3n) is 2.55. The van der Waals surface area contributed by atoms with E-state index in [4.69, 9.17) is 5.11 Å². The number of hydrogen-bond acceptors (Lipinski definition) is 5. The van der Waals surface area contributed by atoms with Crippen molar-refractivity contribution in [3.63, 3.8) is 0 Å². The van der Waals surface area contributed by atoms with Crippen LogP contribution in [-0.4, -0.2) is 40.2 Å². The molecule has 0 bridgehead atoms. The predicted molar refractivity (Wildman–Crippen MR) is 58.5 cm³/mol. The fraction of sp³-hybridized carbons (Fsp3) is 0.500. The molecule has 1 aliphatic rings. The van der Waals surface area contributed by atoms with Gasteiger partial charge in [-0.15, -0.1) is 0 Å². The molecule has 0 amide bonds. The summed E-state index contributed by atoms with van der Waals surface area (Å²) in [6, 6.07) is 1.71. The molecule has 2 rings (SSSR count). The Kier molecular flexibility index (Phi) is 3.31. The van der Waals surface area contributed by atoms with Gasteiger partial charge in [0, 0.05) is 12.2 Å². The second-order valence-corrected chi connectivity index (χ2v) is 3.74. The third kappa shape index (κ3) is 2.66. The van der Waals surface area contributed by atoms with E-state index in [0.717, 1.165) is 25.9 Å². The minimum atomic E-state index is -1.03. The Morgan fingerprint density at radius 1 is 1.50 bits per heavy atom. The molecule has 1 aromatic heterocycles. The molecule has 16 heavy (non-hydrogen) atoms. The molecule has 1 aliphatic heterocycles. The van der Waals surface area contributed by atoms with Gasteiger partial charge < -0.3 is 15.7 Å². The summed E-state index contributed by atoms with van der Waals surface area (Å²) < 4.78 is 0. The molecule has 6 heteroatoms. The molecule has 6 nitrogen and oxygen atoms in total. The smallest absolute Gasteiger partial charge is 0.354 e. The average Bonchev–Trinajstić information content (AvgIpc) is 2.30. The minimum absolute atomic E-state index is 0.0198. The first-order chi connectivity index (χ1) is 7.75. The van der Waals surface area contributed by atoms with Crippen LogP contribution in [0.4, 0.5) is 5.95 Å². The summed E-state index contributed by atoms with van der Waals surface area (Å²) in [4.78, 5) is 18.7. The lowest BCUT2D eigenvalue weighted by Crippen LogP contribution is -2.35. The van der Waals surface area contributed by atoms with Gasteiger partial charge in [0.25, 0.3) is 0 Å². The van der Waals surface area contributed by atoms with Crippen molar-refractivity contribution in [1.29, 1.82) is 0 Å². The van der Waals surface area contributed by atoms with E-state index in [1.165, 1.54) is 12.3 Å². The lowest BCUT2D eigenvalue weighted by atomic mass is 10.1. The highest BCUT2D eigenvalue weighted by molar-refractivity contribution is 5.85. The molecule has 0 radical (unpaired) electrons. The number of nitrogens with zero attached hydrogens (tertiary/aromatic N) is 2. The van der Waals surface area contributed by atoms with E-state index in [-0.39, 0.29) is 5.69 Å². The lowest BCUT2D eigenvalue weighted by molar-refractivity contribution is 0.0690. The van der Waals surface area contributed by atoms with Gasteiger partial charge >= 0.3 is 5.97 Å². The van der Waals surface area contributed by atoms with Crippen LogP contribution in [0.25, 0.3) is 0 Å². The third-order valence-corrected chi connectivity index (χ3v) is 2.55. The average molecular weight is 222 g/mol. The number of rotatable bonds is 3. The van der Waals surface area contributed by atoms with Crippen molar-refractivity contribution in [2.45, 2.75) is 18.9 Å². The fourth-order valence-corrected chi connectivity index (χ4v) is 1.70. The molecule has 0 aromatic carbocycles. The van der Waals surface area contributed by atoms with Crippen LogP contribution in [-0.2, 0) is 0 Å². The first-order valence-corrected chi connectivity index (χ1v) is 5.29. The zero-order chi connectivity index (χ0) is 11.4. The molecule has 0 atom stereocenters. The molecule has 2 heterocycles. The molecular weight excluding hydrogens is 208 g/mol. The molecule has 0 unspecified atom stereocenters. The van der Waals surface area contributed by atoms with Crippen LogP contribution in [0.1, 0.15) is 23.3 Å². The highest BCUT2D eigenvalue weighted by atomic mass is 16.4. The van der Waals surface area contributed by atoms with Gasteiger partial charge in [0.1, 0.15) is 0 Å². The molecule has 1 fully saturated rings. The minimum Gasteiger partial charge on any atom is -0.477 e. The Hall–Kier alpha value is -1.69. The number of aromatic carboxylic acids is 1. The second kappa shape index (κ2) is 4.89. The van der Waals surface area contributed by atoms with Crippen molar-refractivity contribution >= 4 is 11.9 Å². The SMILES string of the molecule is O=C(O)c1ccnc(NC2CCNCC2)n1. The summed E-state index contributed by atoms with van der Waals surface area (Å²) in [6.07, 6.45) is 3.46. The molecule has 0 saturated carbocycles.